The van der Waals surface area contributed by atoms with Crippen LogP contribution in [-0.4, -0.2) is 30.8 Å². The second-order valence-corrected chi connectivity index (χ2v) is 10.1. The standard InChI is InChI=1S/C28H29N3O3S/c32-25(18-29-28(34)20-11-13-23(14-12-20)31-15-3-8-26(31)33)30-27(24-7-4-16-35-24)22-10-9-19-5-1-2-6-21(19)17-22/h4,7,9-14,16-17,27H,1-3,5-6,8,15,18H2,(H,29,34)(H,30,32). The van der Waals surface area contributed by atoms with Gasteiger partial charge in [0.05, 0.1) is 12.6 Å². The Kier molecular flexibility index (Phi) is 6.95. The first-order chi connectivity index (χ1) is 17.1. The lowest BCUT2D eigenvalue weighted by Gasteiger charge is -2.22. The van der Waals surface area contributed by atoms with Gasteiger partial charge < -0.3 is 15.5 Å². The zero-order chi connectivity index (χ0) is 24.2. The van der Waals surface area contributed by atoms with Crippen LogP contribution in [0.1, 0.15) is 63.7 Å². The molecule has 1 aromatic heterocycles. The molecule has 0 radical (unpaired) electrons. The molecule has 1 aliphatic heterocycles. The summed E-state index contributed by atoms with van der Waals surface area (Å²) in [5.74, 6) is -0.451. The van der Waals surface area contributed by atoms with Gasteiger partial charge in [-0.3, -0.25) is 14.4 Å². The molecule has 1 fully saturated rings. The highest BCUT2D eigenvalue weighted by molar-refractivity contribution is 7.10. The molecule has 2 aliphatic rings. The maximum absolute atomic E-state index is 12.8. The maximum Gasteiger partial charge on any atom is 0.251 e. The van der Waals surface area contributed by atoms with E-state index < -0.39 is 0 Å². The van der Waals surface area contributed by atoms with Crippen LogP contribution in [0.2, 0.25) is 0 Å². The monoisotopic (exact) mass is 487 g/mol. The molecule has 3 amide bonds. The molecular formula is C28H29N3O3S. The van der Waals surface area contributed by atoms with Crippen molar-refractivity contribution in [1.82, 2.24) is 10.6 Å². The number of hydrogen-bond acceptors (Lipinski definition) is 4. The molecule has 7 heteroatoms. The van der Waals surface area contributed by atoms with Gasteiger partial charge in [-0.05, 0) is 84.5 Å². The number of nitrogens with zero attached hydrogens (tertiary/aromatic N) is 1. The van der Waals surface area contributed by atoms with Crippen molar-refractivity contribution >= 4 is 34.7 Å². The fraction of sp³-hybridized carbons (Fsp3) is 0.321. The number of aryl methyl sites for hydroxylation is 2. The maximum atomic E-state index is 12.8. The fourth-order valence-electron chi connectivity index (χ4n) is 4.90. The van der Waals surface area contributed by atoms with Gasteiger partial charge in [-0.2, -0.15) is 0 Å². The van der Waals surface area contributed by atoms with Gasteiger partial charge in [-0.15, -0.1) is 11.3 Å². The van der Waals surface area contributed by atoms with Crippen molar-refractivity contribution < 1.29 is 14.4 Å². The van der Waals surface area contributed by atoms with E-state index in [2.05, 4.69) is 28.8 Å². The van der Waals surface area contributed by atoms with Crippen LogP contribution in [0.4, 0.5) is 5.69 Å². The van der Waals surface area contributed by atoms with Crippen LogP contribution in [0.15, 0.2) is 60.0 Å². The van der Waals surface area contributed by atoms with Crippen LogP contribution >= 0.6 is 11.3 Å². The molecule has 1 unspecified atom stereocenters. The molecule has 1 saturated heterocycles. The average Bonchev–Trinajstić information content (AvgIpc) is 3.58. The third kappa shape index (κ3) is 5.30. The Morgan fingerprint density at radius 3 is 2.46 bits per heavy atom. The van der Waals surface area contributed by atoms with Crippen LogP contribution < -0.4 is 15.5 Å². The Bertz CT molecular complexity index is 1220. The number of carbonyl (C=O) groups excluding carboxylic acids is 3. The van der Waals surface area contributed by atoms with Crippen molar-refractivity contribution in [3.8, 4) is 0 Å². The van der Waals surface area contributed by atoms with E-state index in [-0.39, 0.29) is 30.3 Å². The third-order valence-electron chi connectivity index (χ3n) is 6.76. The van der Waals surface area contributed by atoms with Gasteiger partial charge >= 0.3 is 0 Å². The molecule has 1 atom stereocenters. The summed E-state index contributed by atoms with van der Waals surface area (Å²) in [7, 11) is 0. The number of anilines is 1. The molecule has 180 valence electrons. The first-order valence-electron chi connectivity index (χ1n) is 12.2. The minimum Gasteiger partial charge on any atom is -0.343 e. The first kappa shape index (κ1) is 23.3. The predicted octanol–water partition coefficient (Wildman–Crippen LogP) is 4.39. The van der Waals surface area contributed by atoms with Crippen molar-refractivity contribution in [2.24, 2.45) is 0 Å². The second-order valence-electron chi connectivity index (χ2n) is 9.13. The van der Waals surface area contributed by atoms with Crippen LogP contribution in [0.3, 0.4) is 0 Å². The zero-order valence-electron chi connectivity index (χ0n) is 19.6. The van der Waals surface area contributed by atoms with E-state index in [1.54, 1.807) is 40.5 Å². The Morgan fingerprint density at radius 2 is 1.74 bits per heavy atom. The number of nitrogens with one attached hydrogen (secondary N) is 2. The van der Waals surface area contributed by atoms with E-state index >= 15 is 0 Å². The lowest BCUT2D eigenvalue weighted by molar-refractivity contribution is -0.120. The molecular weight excluding hydrogens is 458 g/mol. The number of hydrogen-bond donors (Lipinski definition) is 2. The molecule has 5 rings (SSSR count). The summed E-state index contributed by atoms with van der Waals surface area (Å²) >= 11 is 1.61. The molecule has 0 spiro atoms. The minimum atomic E-state index is -0.319. The van der Waals surface area contributed by atoms with Gasteiger partial charge in [-0.1, -0.05) is 24.3 Å². The van der Waals surface area contributed by atoms with E-state index in [1.807, 2.05) is 17.5 Å². The Labute approximate surface area is 209 Å². The van der Waals surface area contributed by atoms with Gasteiger partial charge in [0.1, 0.15) is 0 Å². The lowest BCUT2D eigenvalue weighted by atomic mass is 9.89. The minimum absolute atomic E-state index is 0.109. The lowest BCUT2D eigenvalue weighted by Crippen LogP contribution is -2.38. The quantitative estimate of drug-likeness (QED) is 0.519. The van der Waals surface area contributed by atoms with Crippen LogP contribution in [-0.2, 0) is 22.4 Å². The van der Waals surface area contributed by atoms with E-state index in [0.717, 1.165) is 35.4 Å². The number of thiophene rings is 1. The van der Waals surface area contributed by atoms with Gasteiger partial charge in [0.2, 0.25) is 11.8 Å². The summed E-state index contributed by atoms with van der Waals surface area (Å²) < 4.78 is 0. The first-order valence-corrected chi connectivity index (χ1v) is 13.1. The van der Waals surface area contributed by atoms with Crippen LogP contribution in [0, 0.1) is 0 Å². The van der Waals surface area contributed by atoms with Crippen molar-refractivity contribution in [3.05, 3.63) is 87.1 Å². The van der Waals surface area contributed by atoms with E-state index in [9.17, 15) is 14.4 Å². The van der Waals surface area contributed by atoms with Crippen LogP contribution in [0.5, 0.6) is 0 Å². The molecule has 2 N–H and O–H groups in total. The molecule has 0 saturated carbocycles. The summed E-state index contributed by atoms with van der Waals surface area (Å²) in [6, 6.07) is 17.2. The number of carbonyl (C=O) groups is 3. The summed E-state index contributed by atoms with van der Waals surface area (Å²) in [5, 5.41) is 7.84. The molecule has 1 aliphatic carbocycles. The molecule has 2 heterocycles. The molecule has 3 aromatic rings. The van der Waals surface area contributed by atoms with Gasteiger partial charge in [-0.25, -0.2) is 0 Å². The van der Waals surface area contributed by atoms with Crippen LogP contribution in [0.25, 0.3) is 0 Å². The Balaban J connectivity index is 1.22. The highest BCUT2D eigenvalue weighted by Gasteiger charge is 2.23. The number of amides is 3. The third-order valence-corrected chi connectivity index (χ3v) is 7.70. The van der Waals surface area contributed by atoms with E-state index in [0.29, 0.717) is 18.5 Å². The molecule has 35 heavy (non-hydrogen) atoms. The average molecular weight is 488 g/mol. The van der Waals surface area contributed by atoms with Crippen molar-refractivity contribution in [2.75, 3.05) is 18.0 Å². The fourth-order valence-corrected chi connectivity index (χ4v) is 5.70. The number of fused-ring (bicyclic) bond motifs is 1. The Hall–Kier alpha value is -3.45. The summed E-state index contributed by atoms with van der Waals surface area (Å²) in [4.78, 5) is 40.2. The van der Waals surface area contributed by atoms with Gasteiger partial charge in [0.15, 0.2) is 0 Å². The van der Waals surface area contributed by atoms with Crippen molar-refractivity contribution in [2.45, 2.75) is 44.6 Å². The topological polar surface area (TPSA) is 78.5 Å². The Morgan fingerprint density at radius 1 is 0.943 bits per heavy atom. The normalized spacial score (nSPS) is 16.0. The van der Waals surface area contributed by atoms with E-state index in [4.69, 9.17) is 0 Å². The molecule has 2 aromatic carbocycles. The SMILES string of the molecule is O=C(CNC(=O)c1ccc(N2CCCC2=O)cc1)NC(c1ccc2c(c1)CCCC2)c1cccs1. The molecule has 0 bridgehead atoms. The molecule has 6 nitrogen and oxygen atoms in total. The predicted molar refractivity (Wildman–Crippen MR) is 138 cm³/mol. The van der Waals surface area contributed by atoms with Crippen molar-refractivity contribution in [1.29, 1.82) is 0 Å². The van der Waals surface area contributed by atoms with Gasteiger partial charge in [0.25, 0.3) is 5.91 Å². The largest absolute Gasteiger partial charge is 0.343 e. The zero-order valence-corrected chi connectivity index (χ0v) is 20.4. The van der Waals surface area contributed by atoms with Crippen molar-refractivity contribution in [3.63, 3.8) is 0 Å². The number of rotatable bonds is 7. The highest BCUT2D eigenvalue weighted by Crippen LogP contribution is 2.30. The number of benzene rings is 2. The summed E-state index contributed by atoms with van der Waals surface area (Å²) in [6.07, 6.45) is 6.05. The summed E-state index contributed by atoms with van der Waals surface area (Å²) in [6.45, 7) is 0.595. The highest BCUT2D eigenvalue weighted by atomic mass is 32.1. The smallest absolute Gasteiger partial charge is 0.251 e. The second kappa shape index (κ2) is 10.4. The van der Waals surface area contributed by atoms with Gasteiger partial charge in [0, 0.05) is 29.1 Å². The summed E-state index contributed by atoms with van der Waals surface area (Å²) in [5.41, 5.74) is 5.10. The van der Waals surface area contributed by atoms with E-state index in [1.165, 1.54) is 24.0 Å².